The van der Waals surface area contributed by atoms with Gasteiger partial charge in [-0.25, -0.2) is 4.79 Å². The summed E-state index contributed by atoms with van der Waals surface area (Å²) in [7, 11) is 1.39. The third-order valence-corrected chi connectivity index (χ3v) is 8.10. The van der Waals surface area contributed by atoms with Gasteiger partial charge in [-0.3, -0.25) is 3.97 Å². The molecule has 4 nitrogen and oxygen atoms in total. The zero-order valence-electron chi connectivity index (χ0n) is 17.9. The number of aryl methyl sites for hydroxylation is 1. The first-order chi connectivity index (χ1) is 16.1. The number of esters is 1. The van der Waals surface area contributed by atoms with Gasteiger partial charge in [0.05, 0.1) is 28.8 Å². The first kappa shape index (κ1) is 21.5. The Balaban J connectivity index is 1.86. The average molecular weight is 487 g/mol. The van der Waals surface area contributed by atoms with Gasteiger partial charge in [-0.15, -0.1) is 22.7 Å². The van der Waals surface area contributed by atoms with Gasteiger partial charge >= 0.3 is 5.97 Å². The molecule has 5 aromatic rings. The van der Waals surface area contributed by atoms with Crippen molar-refractivity contribution in [1.82, 2.24) is 3.97 Å². The average Bonchev–Trinajstić information content (AvgIpc) is 3.58. The van der Waals surface area contributed by atoms with E-state index in [-0.39, 0.29) is 5.97 Å². The van der Waals surface area contributed by atoms with E-state index in [2.05, 4.69) is 52.7 Å². The minimum atomic E-state index is -0.377. The van der Waals surface area contributed by atoms with Gasteiger partial charge in [0.25, 0.3) is 0 Å². The highest BCUT2D eigenvalue weighted by Gasteiger charge is 2.25. The van der Waals surface area contributed by atoms with Crippen molar-refractivity contribution in [2.75, 3.05) is 7.11 Å². The lowest BCUT2D eigenvalue weighted by molar-refractivity contribution is 0.0601. The molecule has 0 bridgehead atoms. The molecule has 5 rings (SSSR count). The summed E-state index contributed by atoms with van der Waals surface area (Å²) < 4.78 is 7.15. The number of ether oxygens (including phenoxy) is 1. The van der Waals surface area contributed by atoms with Crippen LogP contribution in [0.2, 0.25) is 0 Å². The van der Waals surface area contributed by atoms with Crippen LogP contribution in [-0.4, -0.2) is 17.1 Å². The van der Waals surface area contributed by atoms with E-state index in [4.69, 9.17) is 4.74 Å². The van der Waals surface area contributed by atoms with Crippen LogP contribution in [-0.2, 0) is 4.74 Å². The molecule has 0 aliphatic carbocycles. The molecule has 0 N–H and O–H groups in total. The molecule has 0 saturated carbocycles. The molecule has 0 unspecified atom stereocenters. The second-order valence-electron chi connectivity index (χ2n) is 7.40. The number of benzene rings is 2. The van der Waals surface area contributed by atoms with Crippen molar-refractivity contribution in [3.63, 3.8) is 0 Å². The second kappa shape index (κ2) is 8.91. The monoisotopic (exact) mass is 486 g/mol. The number of methoxy groups -OCH3 is 1. The standard InChI is InChI=1S/C26H18N2O2S3/c1-16-5-8-18(9-6-16)33-28-21-14-17(26(29)30-2)7-10-19(21)24(20-11-13-32-23(20)15-27)25(28)22-4-3-12-31-22/h3-14H,1-2H3. The van der Waals surface area contributed by atoms with Gasteiger partial charge in [-0.05, 0) is 66.0 Å². The Hall–Kier alpha value is -3.31. The highest BCUT2D eigenvalue weighted by atomic mass is 32.2. The number of nitrogens with zero attached hydrogens (tertiary/aromatic N) is 2. The van der Waals surface area contributed by atoms with Crippen molar-refractivity contribution < 1.29 is 9.53 Å². The number of aromatic nitrogens is 1. The fraction of sp³-hybridized carbons (Fsp3) is 0.0769. The van der Waals surface area contributed by atoms with Gasteiger partial charge in [0.15, 0.2) is 0 Å². The van der Waals surface area contributed by atoms with Gasteiger partial charge in [-0.2, -0.15) is 5.26 Å². The predicted octanol–water partition coefficient (Wildman–Crippen LogP) is 7.62. The zero-order valence-corrected chi connectivity index (χ0v) is 20.3. The Kier molecular flexibility index (Phi) is 5.81. The zero-order chi connectivity index (χ0) is 22.9. The molecule has 162 valence electrons. The molecule has 2 aromatic carbocycles. The molecule has 33 heavy (non-hydrogen) atoms. The van der Waals surface area contributed by atoms with Crippen LogP contribution in [0.1, 0.15) is 20.8 Å². The molecule has 0 radical (unpaired) electrons. The number of hydrogen-bond acceptors (Lipinski definition) is 6. The van der Waals surface area contributed by atoms with E-state index in [9.17, 15) is 10.1 Å². The lowest BCUT2D eigenvalue weighted by atomic mass is 10.0. The molecule has 0 aliphatic heterocycles. The fourth-order valence-corrected chi connectivity index (χ4v) is 6.32. The van der Waals surface area contributed by atoms with Crippen LogP contribution in [0.25, 0.3) is 32.6 Å². The van der Waals surface area contributed by atoms with E-state index >= 15 is 0 Å². The second-order valence-corrected chi connectivity index (χ2v) is 10.3. The van der Waals surface area contributed by atoms with Gasteiger partial charge in [0.1, 0.15) is 10.9 Å². The van der Waals surface area contributed by atoms with Gasteiger partial charge in [-0.1, -0.05) is 29.8 Å². The molecular formula is C26H18N2O2S3. The predicted molar refractivity (Wildman–Crippen MR) is 137 cm³/mol. The van der Waals surface area contributed by atoms with Crippen molar-refractivity contribution in [2.24, 2.45) is 0 Å². The summed E-state index contributed by atoms with van der Waals surface area (Å²) in [5.74, 6) is -0.377. The Morgan fingerprint density at radius 3 is 2.58 bits per heavy atom. The third-order valence-electron chi connectivity index (χ3n) is 5.36. The first-order valence-electron chi connectivity index (χ1n) is 10.1. The Morgan fingerprint density at radius 2 is 1.88 bits per heavy atom. The Morgan fingerprint density at radius 1 is 1.06 bits per heavy atom. The lowest BCUT2D eigenvalue weighted by Gasteiger charge is -2.11. The van der Waals surface area contributed by atoms with Gasteiger partial charge < -0.3 is 4.74 Å². The first-order valence-corrected chi connectivity index (χ1v) is 12.7. The van der Waals surface area contributed by atoms with Crippen LogP contribution in [0.4, 0.5) is 0 Å². The maximum atomic E-state index is 12.3. The summed E-state index contributed by atoms with van der Waals surface area (Å²) in [6.45, 7) is 2.07. The Bertz CT molecular complexity index is 1500. The molecule has 0 fully saturated rings. The molecule has 3 heterocycles. The van der Waals surface area contributed by atoms with Crippen LogP contribution in [0.3, 0.4) is 0 Å². The Labute approximate surface area is 203 Å². The number of thiophene rings is 2. The van der Waals surface area contributed by atoms with Crippen LogP contribution in [0.5, 0.6) is 0 Å². The van der Waals surface area contributed by atoms with Crippen molar-refractivity contribution in [3.8, 4) is 27.8 Å². The number of rotatable bonds is 5. The van der Waals surface area contributed by atoms with E-state index in [0.29, 0.717) is 10.4 Å². The summed E-state index contributed by atoms with van der Waals surface area (Å²) in [5.41, 5.74) is 5.51. The van der Waals surface area contributed by atoms with Crippen LogP contribution >= 0.6 is 34.6 Å². The van der Waals surface area contributed by atoms with Crippen molar-refractivity contribution in [2.45, 2.75) is 11.8 Å². The summed E-state index contributed by atoms with van der Waals surface area (Å²) in [5, 5.41) is 14.8. The molecule has 0 aliphatic rings. The van der Waals surface area contributed by atoms with Crippen LogP contribution < -0.4 is 0 Å². The SMILES string of the molecule is COC(=O)c1ccc2c(-c3ccsc3C#N)c(-c3cccs3)n(Sc3ccc(C)cc3)c2c1. The summed E-state index contributed by atoms with van der Waals surface area (Å²) in [6, 6.07) is 22.5. The number of carbonyl (C=O) groups is 1. The fourth-order valence-electron chi connectivity index (χ4n) is 3.81. The van der Waals surface area contributed by atoms with Gasteiger partial charge in [0, 0.05) is 21.4 Å². The van der Waals surface area contributed by atoms with E-state index in [1.165, 1.54) is 24.0 Å². The maximum Gasteiger partial charge on any atom is 0.337 e. The number of carbonyl (C=O) groups excluding carboxylic acids is 1. The van der Waals surface area contributed by atoms with E-state index in [0.717, 1.165) is 37.5 Å². The van der Waals surface area contributed by atoms with Crippen molar-refractivity contribution >= 4 is 51.5 Å². The number of fused-ring (bicyclic) bond motifs is 1. The van der Waals surface area contributed by atoms with Gasteiger partial charge in [0.2, 0.25) is 0 Å². The molecule has 7 heteroatoms. The molecule has 0 spiro atoms. The van der Waals surface area contributed by atoms with Crippen molar-refractivity contribution in [3.05, 3.63) is 87.4 Å². The summed E-state index contributed by atoms with van der Waals surface area (Å²) in [4.78, 5) is 15.2. The van der Waals surface area contributed by atoms with Crippen LogP contribution in [0, 0.1) is 18.3 Å². The van der Waals surface area contributed by atoms with E-state index < -0.39 is 0 Å². The summed E-state index contributed by atoms with van der Waals surface area (Å²) >= 11 is 4.69. The molecular weight excluding hydrogens is 468 g/mol. The third kappa shape index (κ3) is 3.87. The quantitative estimate of drug-likeness (QED) is 0.240. The molecule has 0 saturated heterocycles. The molecule has 0 amide bonds. The number of nitriles is 1. The largest absolute Gasteiger partial charge is 0.465 e. The summed E-state index contributed by atoms with van der Waals surface area (Å²) in [6.07, 6.45) is 0. The maximum absolute atomic E-state index is 12.3. The minimum absolute atomic E-state index is 0.377. The highest BCUT2D eigenvalue weighted by Crippen LogP contribution is 2.47. The molecule has 3 aromatic heterocycles. The number of hydrogen-bond donors (Lipinski definition) is 0. The van der Waals surface area contributed by atoms with E-state index in [1.54, 1.807) is 29.4 Å². The normalized spacial score (nSPS) is 10.9. The van der Waals surface area contributed by atoms with Crippen molar-refractivity contribution in [1.29, 1.82) is 5.26 Å². The van der Waals surface area contributed by atoms with Crippen LogP contribution in [0.15, 0.2) is 76.3 Å². The van der Waals surface area contributed by atoms with E-state index in [1.807, 2.05) is 29.6 Å². The molecule has 0 atom stereocenters. The smallest absolute Gasteiger partial charge is 0.337 e. The highest BCUT2D eigenvalue weighted by molar-refractivity contribution is 7.98. The minimum Gasteiger partial charge on any atom is -0.465 e. The topological polar surface area (TPSA) is 55.0 Å². The lowest BCUT2D eigenvalue weighted by Crippen LogP contribution is -2.01.